The molecule has 6 aliphatic heterocycles. The zero-order valence-corrected chi connectivity index (χ0v) is 79.1. The first-order valence-corrected chi connectivity index (χ1v) is 46.0. The molecule has 652 valence electrons. The molecule has 0 saturated carbocycles. The number of halogens is 1. The van der Waals surface area contributed by atoms with Gasteiger partial charge in [0, 0.05) is 45.2 Å². The lowest BCUT2D eigenvalue weighted by Crippen LogP contribution is -3.00. The van der Waals surface area contributed by atoms with E-state index >= 15 is 0 Å². The van der Waals surface area contributed by atoms with Crippen molar-refractivity contribution in [1.29, 1.82) is 0 Å². The maximum atomic E-state index is 6.80. The SMILES string of the molecule is C.C=C.CC(C)C.CC(C)C.CC(C)c1cc(CCCCCCn2cc[n+](C)c2)c(C(C)C)s1.CCCCCC[N+]12CC[N+](CCOc3cc(C(C)C)c(OCC[N+]45CC[N+](CCCCCC)(CC4)CC5)cc3C#Cc3ccc(C#CC(C)C)cc3)(CC1)CC2.C[n+]1ccn(CCCOc2ccc(OCCCn3cc[n+](C)c3)cc2)c1.[Br-]. The molecule has 4 bridgehead atoms. The van der Waals surface area contributed by atoms with Crippen LogP contribution in [0.3, 0.4) is 0 Å². The van der Waals surface area contributed by atoms with Crippen LogP contribution in [-0.4, -0.2) is 163 Å². The van der Waals surface area contributed by atoms with Gasteiger partial charge in [-0.25, -0.2) is 27.4 Å². The molecule has 0 spiro atoms. The molecule has 3 aromatic carbocycles. The summed E-state index contributed by atoms with van der Waals surface area (Å²) in [5.74, 6) is 20.9. The third kappa shape index (κ3) is 37.5. The maximum Gasteiger partial charge on any atom is 0.243 e. The average Bonchev–Trinajstić information content (AvgIpc) is 1.50. The number of piperazine rings is 6. The minimum absolute atomic E-state index is 0. The Balaban J connectivity index is 0.000000390. The van der Waals surface area contributed by atoms with Gasteiger partial charge in [0.15, 0.2) is 0 Å². The van der Waals surface area contributed by atoms with E-state index < -0.39 is 0 Å². The Bertz CT molecular complexity index is 3820. The van der Waals surface area contributed by atoms with Crippen molar-refractivity contribution < 1.29 is 67.6 Å². The summed E-state index contributed by atoms with van der Waals surface area (Å²) in [4.78, 5) is 3.18. The Hall–Kier alpha value is -6.63. The Morgan fingerprint density at radius 3 is 1.18 bits per heavy atom. The number of unbranched alkanes of at least 4 members (excludes halogenated alkanes) is 9. The summed E-state index contributed by atoms with van der Waals surface area (Å²) in [7, 11) is 6.13. The molecule has 0 atom stereocenters. The van der Waals surface area contributed by atoms with Crippen LogP contribution in [-0.2, 0) is 47.2 Å². The lowest BCUT2D eigenvalue weighted by Gasteiger charge is -2.55. The van der Waals surface area contributed by atoms with E-state index in [0.29, 0.717) is 36.9 Å². The number of quaternary nitrogens is 4. The van der Waals surface area contributed by atoms with E-state index in [1.54, 1.807) is 15.3 Å². The first-order valence-electron chi connectivity index (χ1n) is 45.2. The fourth-order valence-corrected chi connectivity index (χ4v) is 17.1. The Labute approximate surface area is 730 Å². The second kappa shape index (κ2) is 54.6. The van der Waals surface area contributed by atoms with Crippen LogP contribution in [0.25, 0.3) is 0 Å². The van der Waals surface area contributed by atoms with Crippen molar-refractivity contribution in [3.05, 3.63) is 174 Å². The number of aryl methyl sites for hydroxylation is 7. The van der Waals surface area contributed by atoms with Crippen LogP contribution < -0.4 is 49.6 Å². The topological polar surface area (TPSA) is 63.4 Å². The van der Waals surface area contributed by atoms with Crippen LogP contribution in [0.1, 0.15) is 263 Å². The van der Waals surface area contributed by atoms with E-state index in [0.717, 1.165) is 110 Å². The second-order valence-corrected chi connectivity index (χ2v) is 37.5. The van der Waals surface area contributed by atoms with Crippen molar-refractivity contribution in [1.82, 2.24) is 13.7 Å². The number of ether oxygens (including phenoxy) is 4. The molecule has 4 aromatic heterocycles. The molecule has 13 rings (SSSR count). The molecule has 14 nitrogen and oxygen atoms in total. The van der Waals surface area contributed by atoms with E-state index in [1.165, 1.54) is 199 Å². The average molecular weight is 1700 g/mol. The number of hydrogen-bond acceptors (Lipinski definition) is 5. The van der Waals surface area contributed by atoms with Crippen molar-refractivity contribution >= 4 is 11.3 Å². The van der Waals surface area contributed by atoms with Gasteiger partial charge in [0.2, 0.25) is 19.0 Å². The summed E-state index contributed by atoms with van der Waals surface area (Å²) in [6.07, 6.45) is 38.3. The summed E-state index contributed by atoms with van der Waals surface area (Å²) in [5.41, 5.74) is 5.80. The van der Waals surface area contributed by atoms with Crippen LogP contribution >= 0.6 is 11.3 Å². The van der Waals surface area contributed by atoms with Crippen LogP contribution in [0.4, 0.5) is 0 Å². The molecule has 0 N–H and O–H groups in total. The van der Waals surface area contributed by atoms with E-state index in [4.69, 9.17) is 18.9 Å². The van der Waals surface area contributed by atoms with Gasteiger partial charge in [-0.3, -0.25) is 0 Å². The highest BCUT2D eigenvalue weighted by molar-refractivity contribution is 7.12. The third-order valence-electron chi connectivity index (χ3n) is 22.9. The van der Waals surface area contributed by atoms with Crippen molar-refractivity contribution in [2.75, 3.05) is 131 Å². The molecule has 0 unspecified atom stereocenters. The predicted molar refractivity (Wildman–Crippen MR) is 490 cm³/mol. The van der Waals surface area contributed by atoms with E-state index in [-0.39, 0.29) is 24.4 Å². The minimum atomic E-state index is 0. The number of hydrogen-bond donors (Lipinski definition) is 0. The van der Waals surface area contributed by atoms with Crippen LogP contribution in [0.5, 0.6) is 23.0 Å². The number of thiophene rings is 1. The van der Waals surface area contributed by atoms with E-state index in [1.807, 2.05) is 71.2 Å². The largest absolute Gasteiger partial charge is 1.00 e. The molecule has 6 aliphatic rings. The molecule has 0 amide bonds. The Morgan fingerprint density at radius 1 is 0.419 bits per heavy atom. The lowest BCUT2D eigenvalue weighted by molar-refractivity contribution is -1.08. The van der Waals surface area contributed by atoms with Gasteiger partial charge in [-0.05, 0) is 153 Å². The smallest absolute Gasteiger partial charge is 0.243 e. The maximum absolute atomic E-state index is 6.80. The molecule has 6 saturated heterocycles. The summed E-state index contributed by atoms with van der Waals surface area (Å²) < 4.78 is 43.2. The standard InChI is InChI=1S/C50H78N4O2.C20H28N4O2.C20H33N2S.2C4H10.C2H4.CH4.BrH/c1-7-9-11-13-23-51-25-31-53(32-26-51,33-27-51)37-39-55-49-42-48(44(5)6)50(41-47(49)22-21-46-19-17-45(18-20-46)16-15-43(3)4)56-40-38-54-34-28-52(29-35-54,30-36-54)24-14-12-10-8-2;1-21-11-13-23(17-21)9-3-15-25-19-5-7-20(8-6-19)26-16-4-10-24-14-12-22(2)18-24;1-16(2)19-14-18(20(23-19)17(3)4)10-8-6-7-9-11-22-13-12-21(5)15-22;2*1-4(2)3;1-2;;/h17-20,41-44H,7-14,23-40H2,1-6H3;5-8,11-14,17-18H,3-4,9-10,15-16H2,1-2H3;12-17H,6-11H2,1-5H3;2*4H,1-3H3;1-2H2;1H4;1H/q+4;+2;+1;;;;;/p-1. The Kier molecular flexibility index (Phi) is 47.9. The van der Waals surface area contributed by atoms with Crippen LogP contribution in [0.2, 0.25) is 0 Å². The number of aromatic nitrogens is 6. The van der Waals surface area contributed by atoms with Crippen LogP contribution in [0.15, 0.2) is 136 Å². The van der Waals surface area contributed by atoms with Gasteiger partial charge in [-0.1, -0.05) is 174 Å². The van der Waals surface area contributed by atoms with Gasteiger partial charge >= 0.3 is 0 Å². The van der Waals surface area contributed by atoms with Crippen molar-refractivity contribution in [3.63, 3.8) is 0 Å². The van der Waals surface area contributed by atoms with Crippen LogP contribution in [0, 0.1) is 41.4 Å². The fraction of sp³-hybridized carbons (Fsp3) is 0.634. The molecule has 16 heteroatoms. The molecule has 10 heterocycles. The molecule has 0 aliphatic carbocycles. The van der Waals surface area contributed by atoms with E-state index in [2.05, 4.69) is 259 Å². The molecule has 117 heavy (non-hydrogen) atoms. The number of imidazole rings is 3. The molecular formula is C101H167BrN10O4S+6. The summed E-state index contributed by atoms with van der Waals surface area (Å²) in [5, 5.41) is 0. The highest BCUT2D eigenvalue weighted by Crippen LogP contribution is 2.37. The van der Waals surface area contributed by atoms with Gasteiger partial charge in [0.05, 0.1) is 72.6 Å². The second-order valence-electron chi connectivity index (χ2n) is 36.4. The highest BCUT2D eigenvalue weighted by Gasteiger charge is 2.50. The molecule has 6 fully saturated rings. The minimum Gasteiger partial charge on any atom is -1.00 e. The number of nitrogens with zero attached hydrogens (tertiary/aromatic N) is 10. The van der Waals surface area contributed by atoms with Gasteiger partial charge in [0.1, 0.15) is 165 Å². The first-order chi connectivity index (χ1) is 55.2. The van der Waals surface area contributed by atoms with E-state index in [9.17, 15) is 0 Å². The van der Waals surface area contributed by atoms with Gasteiger partial charge in [-0.2, -0.15) is 0 Å². The number of benzene rings is 3. The fourth-order valence-electron chi connectivity index (χ4n) is 15.9. The summed E-state index contributed by atoms with van der Waals surface area (Å²) in [6, 6.07) is 23.2. The quantitative estimate of drug-likeness (QED) is 0.0127. The van der Waals surface area contributed by atoms with Gasteiger partial charge in [0.25, 0.3) is 0 Å². The first kappa shape index (κ1) is 103. The summed E-state index contributed by atoms with van der Waals surface area (Å²) in [6.45, 7) is 68.5. The number of rotatable bonds is 38. The molecule has 0 radical (unpaired) electrons. The lowest BCUT2D eigenvalue weighted by atomic mass is 9.99. The zero-order chi connectivity index (χ0) is 83.7. The van der Waals surface area contributed by atoms with Gasteiger partial charge in [-0.15, -0.1) is 24.5 Å². The molecular weight excluding hydrogens is 1530 g/mol. The third-order valence-corrected chi connectivity index (χ3v) is 24.7. The monoisotopic (exact) mass is 1700 g/mol. The number of fused-ring (bicyclic) bond motifs is 6. The highest BCUT2D eigenvalue weighted by atomic mass is 79.9. The zero-order valence-electron chi connectivity index (χ0n) is 76.7. The van der Waals surface area contributed by atoms with Crippen molar-refractivity contribution in [3.8, 4) is 46.7 Å². The van der Waals surface area contributed by atoms with Crippen molar-refractivity contribution in [2.24, 2.45) is 38.9 Å². The van der Waals surface area contributed by atoms with Crippen molar-refractivity contribution in [2.45, 2.75) is 252 Å². The predicted octanol–water partition coefficient (Wildman–Crippen LogP) is 17.5. The Morgan fingerprint density at radius 2 is 0.803 bits per heavy atom. The van der Waals surface area contributed by atoms with Gasteiger partial charge < -0.3 is 53.9 Å². The molecule has 7 aromatic rings. The summed E-state index contributed by atoms with van der Waals surface area (Å²) >= 11 is 2.04. The normalized spacial score (nSPS) is 18.1.